The van der Waals surface area contributed by atoms with Crippen LogP contribution < -0.4 is 0 Å². The van der Waals surface area contributed by atoms with Crippen molar-refractivity contribution in [2.45, 2.75) is 184 Å². The summed E-state index contributed by atoms with van der Waals surface area (Å²) in [6.45, 7) is 24.0. The lowest BCUT2D eigenvalue weighted by molar-refractivity contribution is -0.391. The van der Waals surface area contributed by atoms with Gasteiger partial charge in [0.2, 0.25) is 6.10 Å². The Bertz CT molecular complexity index is 2980. The number of nitriles is 1. The number of hydrogen-bond acceptors (Lipinski definition) is 17. The maximum Gasteiger partial charge on any atom is 0.426 e. The van der Waals surface area contributed by atoms with Gasteiger partial charge in [-0.1, -0.05) is 111 Å². The summed E-state index contributed by atoms with van der Waals surface area (Å²) >= 11 is 6.42. The molecule has 1 aliphatic carbocycles. The van der Waals surface area contributed by atoms with Gasteiger partial charge in [0.15, 0.2) is 12.2 Å². The molecule has 1 saturated heterocycles. The number of esters is 6. The van der Waals surface area contributed by atoms with Gasteiger partial charge in [0.05, 0.1) is 29.9 Å². The van der Waals surface area contributed by atoms with E-state index in [0.29, 0.717) is 29.7 Å². The van der Waals surface area contributed by atoms with Crippen LogP contribution in [0.1, 0.15) is 125 Å². The van der Waals surface area contributed by atoms with Crippen molar-refractivity contribution in [3.63, 3.8) is 0 Å². The molecular weight excluding hydrogens is 1330 g/mol. The first-order valence-corrected chi connectivity index (χ1v) is 29.0. The van der Waals surface area contributed by atoms with Gasteiger partial charge < -0.3 is 38.6 Å². The Kier molecular flexibility index (Phi) is 33.0. The summed E-state index contributed by atoms with van der Waals surface area (Å²) in [6, 6.07) is 20.8. The molecule has 15 nitrogen and oxygen atoms in total. The van der Waals surface area contributed by atoms with Crippen LogP contribution >= 0.6 is 24.0 Å². The van der Waals surface area contributed by atoms with Crippen LogP contribution in [0.2, 0.25) is 0 Å². The van der Waals surface area contributed by atoms with E-state index in [0.717, 1.165) is 29.8 Å². The summed E-state index contributed by atoms with van der Waals surface area (Å²) in [6.07, 6.45) is -25.1. The molecule has 1 aliphatic heterocycles. The summed E-state index contributed by atoms with van der Waals surface area (Å²) in [5, 5.41) is 28.8. The minimum atomic E-state index is -6.29. The van der Waals surface area contributed by atoms with Crippen LogP contribution in [0, 0.1) is 23.2 Å². The lowest BCUT2D eigenvalue weighted by Gasteiger charge is -2.47. The Morgan fingerprint density at radius 3 is 1.50 bits per heavy atom. The van der Waals surface area contributed by atoms with Gasteiger partial charge in [-0.2, -0.15) is 53.6 Å². The number of halogens is 15. The number of nitrogens with zero attached hydrogens (tertiary/aromatic N) is 1. The highest BCUT2D eigenvalue weighted by molar-refractivity contribution is 8.24. The standard InChI is InChI=1S/C18H19F4NO2S2.C16H19F9O4.C13H16O2.C8H10O4.C7H10F2O2/c1-16(12-23,27-15(26)13-6-4-3-5-7-13)9-8-14(24)25-11-10-18(21,22)17(2,19)20;1-7(2)11(26)29-10-5-8(12(3,27)14(17,18)19)4-9(6-10)13(28,15(20,21)22)16(23,24)25;1-10(2)12(14)15-13(3,4)11-8-6-5-7-9-11;1-5(2)7(9)12-6-3-4-11-8(6)10;1-5(2)6(10)11-4-7(3,8)9/h3-7H,8-11H2,1-2H3;8-10,27-28H,1,4-6H2,2-3H3;5-9H,1H2,2-4H3;6H,1,3-4H2,2H3;1,4H2,2-3H3. The van der Waals surface area contributed by atoms with Gasteiger partial charge in [0.1, 0.15) is 16.5 Å². The van der Waals surface area contributed by atoms with Crippen molar-refractivity contribution in [3.8, 4) is 6.07 Å². The van der Waals surface area contributed by atoms with E-state index in [1.807, 2.05) is 50.2 Å². The van der Waals surface area contributed by atoms with Gasteiger partial charge in [-0.15, -0.1) is 0 Å². The van der Waals surface area contributed by atoms with Crippen molar-refractivity contribution in [3.05, 3.63) is 120 Å². The number of cyclic esters (lactones) is 1. The highest BCUT2D eigenvalue weighted by Crippen LogP contribution is 2.55. The number of carbonyl (C=O) groups is 6. The third-order valence-electron chi connectivity index (χ3n) is 13.3. The zero-order valence-electron chi connectivity index (χ0n) is 52.7. The van der Waals surface area contributed by atoms with Crippen LogP contribution in [-0.2, 0) is 62.8 Å². The van der Waals surface area contributed by atoms with E-state index in [2.05, 4.69) is 51.3 Å². The first-order chi connectivity index (χ1) is 42.4. The number of aliphatic hydroxyl groups is 2. The van der Waals surface area contributed by atoms with Gasteiger partial charge in [-0.3, -0.25) is 4.79 Å². The molecule has 32 heteroatoms. The topological polar surface area (TPSA) is 222 Å². The average molecular weight is 1410 g/mol. The van der Waals surface area contributed by atoms with Crippen LogP contribution in [0.25, 0.3) is 0 Å². The zero-order valence-corrected chi connectivity index (χ0v) is 54.3. The molecule has 2 aromatic rings. The largest absolute Gasteiger partial charge is 0.465 e. The number of carbonyl (C=O) groups excluding carboxylic acids is 6. The fourth-order valence-corrected chi connectivity index (χ4v) is 9.11. The second-order valence-corrected chi connectivity index (χ2v) is 24.8. The Morgan fingerprint density at radius 1 is 0.638 bits per heavy atom. The maximum absolute atomic E-state index is 13.2. The minimum absolute atomic E-state index is 0.0697. The van der Waals surface area contributed by atoms with E-state index in [4.69, 9.17) is 21.7 Å². The van der Waals surface area contributed by atoms with Gasteiger partial charge in [0.25, 0.3) is 11.5 Å². The van der Waals surface area contributed by atoms with Crippen LogP contribution in [0.5, 0.6) is 0 Å². The molecule has 4 rings (SSSR count). The zero-order chi connectivity index (χ0) is 73.6. The Hall–Kier alpha value is -6.98. The molecule has 2 aliphatic rings. The van der Waals surface area contributed by atoms with Crippen molar-refractivity contribution in [1.29, 1.82) is 5.26 Å². The molecule has 2 N–H and O–H groups in total. The predicted molar refractivity (Wildman–Crippen MR) is 316 cm³/mol. The molecule has 0 spiro atoms. The van der Waals surface area contributed by atoms with Crippen LogP contribution in [0.3, 0.4) is 0 Å². The van der Waals surface area contributed by atoms with Crippen molar-refractivity contribution in [2.75, 3.05) is 19.8 Å². The molecule has 2 fully saturated rings. The number of benzene rings is 2. The second-order valence-electron chi connectivity index (χ2n) is 22.6. The van der Waals surface area contributed by atoms with Gasteiger partial charge in [-0.25, -0.2) is 41.5 Å². The summed E-state index contributed by atoms with van der Waals surface area (Å²) in [5.74, 6) is -20.7. The lowest BCUT2D eigenvalue weighted by atomic mass is 9.66. The molecule has 1 heterocycles. The van der Waals surface area contributed by atoms with E-state index >= 15 is 0 Å². The fourth-order valence-electron chi connectivity index (χ4n) is 7.51. The third-order valence-corrected chi connectivity index (χ3v) is 14.9. The van der Waals surface area contributed by atoms with E-state index in [-0.39, 0.29) is 49.4 Å². The second kappa shape index (κ2) is 35.7. The van der Waals surface area contributed by atoms with Crippen molar-refractivity contribution >= 4 is 64.0 Å². The highest BCUT2D eigenvalue weighted by atomic mass is 32.2. The Labute approximate surface area is 543 Å². The Balaban J connectivity index is 0.00000121. The number of ether oxygens (including phenoxy) is 6. The first-order valence-electron chi connectivity index (χ1n) is 27.7. The average Bonchev–Trinajstić information content (AvgIpc) is 0.790. The highest BCUT2D eigenvalue weighted by Gasteiger charge is 2.75. The first kappa shape index (κ1) is 87.0. The molecule has 0 amide bonds. The van der Waals surface area contributed by atoms with Crippen LogP contribution in [0.15, 0.2) is 109 Å². The molecule has 0 bridgehead atoms. The summed E-state index contributed by atoms with van der Waals surface area (Å²) < 4.78 is 222. The third kappa shape index (κ3) is 28.5. The number of thioether (sulfide) groups is 1. The number of alkyl halides is 15. The minimum Gasteiger partial charge on any atom is -0.465 e. The van der Waals surface area contributed by atoms with E-state index in [1.54, 1.807) is 38.1 Å². The van der Waals surface area contributed by atoms with Gasteiger partial charge in [-0.05, 0) is 92.2 Å². The van der Waals surface area contributed by atoms with Crippen molar-refractivity contribution in [2.24, 2.45) is 11.8 Å². The van der Waals surface area contributed by atoms with Crippen LogP contribution in [-0.4, -0.2) is 134 Å². The quantitative estimate of drug-likeness (QED) is 0.0390. The van der Waals surface area contributed by atoms with Gasteiger partial charge in [0, 0.05) is 60.8 Å². The molecule has 528 valence electrons. The molecule has 94 heavy (non-hydrogen) atoms. The summed E-state index contributed by atoms with van der Waals surface area (Å²) in [5.41, 5.74) is -7.41. The van der Waals surface area contributed by atoms with Gasteiger partial charge >= 0.3 is 66.2 Å². The molecule has 6 unspecified atom stereocenters. The van der Waals surface area contributed by atoms with Crippen LogP contribution in [0.4, 0.5) is 65.9 Å². The molecule has 2 aromatic carbocycles. The number of rotatable bonds is 21. The normalized spacial score (nSPS) is 18.0. The lowest BCUT2D eigenvalue weighted by Crippen LogP contribution is -2.64. The maximum atomic E-state index is 13.2. The summed E-state index contributed by atoms with van der Waals surface area (Å²) in [4.78, 5) is 67.0. The Morgan fingerprint density at radius 2 is 1.10 bits per heavy atom. The predicted octanol–water partition coefficient (Wildman–Crippen LogP) is 14.7. The SMILES string of the molecule is C=C(C)C(=O)OC(C)(C)c1ccccc1.C=C(C)C(=O)OC1CC(C(C)(O)C(F)(F)F)CC(C(O)(C(F)(F)F)C(F)(F)F)C1.C=C(C)C(=O)OC1CCOC1=O.C=C(C)C(=O)OCC(C)(F)F.CC(C#N)(CCC(=O)OCCC(F)(F)C(C)(F)F)SC(=S)c1ccccc1. The summed E-state index contributed by atoms with van der Waals surface area (Å²) in [7, 11) is 0. The molecule has 0 aromatic heterocycles. The smallest absolute Gasteiger partial charge is 0.426 e. The molecule has 6 atom stereocenters. The van der Waals surface area contributed by atoms with E-state index < -0.39 is 151 Å². The molecule has 0 radical (unpaired) electrons. The van der Waals surface area contributed by atoms with E-state index in [1.165, 1.54) is 13.8 Å². The van der Waals surface area contributed by atoms with Crippen molar-refractivity contribution < 1.29 is 133 Å². The van der Waals surface area contributed by atoms with E-state index in [9.17, 15) is 110 Å². The monoisotopic (exact) mass is 1410 g/mol. The number of thiocarbonyl (C=S) groups is 1. The molecular formula is C62H74F15NO14S2. The molecule has 1 saturated carbocycles. The fraction of sp³-hybridized carbons (Fsp3) is 0.548. The number of hydrogen-bond donors (Lipinski definition) is 2. The van der Waals surface area contributed by atoms with Crippen molar-refractivity contribution in [1.82, 2.24) is 0 Å².